The average molecular weight is 244 g/mol. The number of ether oxygens (including phenoxy) is 1. The second kappa shape index (κ2) is 6.20. The second-order valence-electron chi connectivity index (χ2n) is 5.32. The van der Waals surface area contributed by atoms with E-state index in [0.717, 1.165) is 0 Å². The zero-order valence-corrected chi connectivity index (χ0v) is 12.1. The summed E-state index contributed by atoms with van der Waals surface area (Å²) in [4.78, 5) is 11.0. The van der Waals surface area contributed by atoms with Gasteiger partial charge in [0, 0.05) is 0 Å². The lowest BCUT2D eigenvalue weighted by Gasteiger charge is -2.36. The maximum Gasteiger partial charge on any atom is 0.309 e. The molecule has 0 aromatic heterocycles. The van der Waals surface area contributed by atoms with Gasteiger partial charge in [0.15, 0.2) is 8.32 Å². The van der Waals surface area contributed by atoms with Gasteiger partial charge in [0.25, 0.3) is 0 Å². The molecule has 0 aliphatic heterocycles. The van der Waals surface area contributed by atoms with Crippen LogP contribution >= 0.6 is 0 Å². The van der Waals surface area contributed by atoms with Crippen molar-refractivity contribution in [2.24, 2.45) is 0 Å². The molecule has 0 N–H and O–H groups in total. The standard InChI is InChI=1S/C12H24O3Si/c1-7-8-11(13)14-9-10-15-16(5,6)12(2,3)4/h7H,1,8-10H2,2-6H3. The van der Waals surface area contributed by atoms with Crippen LogP contribution in [0, 0.1) is 0 Å². The van der Waals surface area contributed by atoms with Crippen molar-refractivity contribution in [1.29, 1.82) is 0 Å². The Kier molecular flexibility index (Phi) is 5.97. The molecule has 0 radical (unpaired) electrons. The zero-order valence-electron chi connectivity index (χ0n) is 11.1. The Balaban J connectivity index is 3.82. The lowest BCUT2D eigenvalue weighted by atomic mass is 10.2. The molecule has 0 saturated heterocycles. The van der Waals surface area contributed by atoms with Gasteiger partial charge in [-0.1, -0.05) is 26.8 Å². The molecule has 0 heterocycles. The fourth-order valence-electron chi connectivity index (χ4n) is 0.846. The van der Waals surface area contributed by atoms with Gasteiger partial charge in [-0.15, -0.1) is 6.58 Å². The van der Waals surface area contributed by atoms with E-state index in [2.05, 4.69) is 40.4 Å². The van der Waals surface area contributed by atoms with E-state index in [0.29, 0.717) is 13.2 Å². The minimum Gasteiger partial charge on any atom is -0.463 e. The molecule has 0 aliphatic carbocycles. The molecule has 0 bridgehead atoms. The van der Waals surface area contributed by atoms with Gasteiger partial charge in [-0.25, -0.2) is 0 Å². The van der Waals surface area contributed by atoms with Crippen LogP contribution in [-0.4, -0.2) is 27.5 Å². The molecule has 0 spiro atoms. The second-order valence-corrected chi connectivity index (χ2v) is 10.1. The predicted octanol–water partition coefficient (Wildman–Crippen LogP) is 3.13. The van der Waals surface area contributed by atoms with E-state index in [1.54, 1.807) is 0 Å². The highest BCUT2D eigenvalue weighted by atomic mass is 28.4. The minimum atomic E-state index is -1.71. The third-order valence-corrected chi connectivity index (χ3v) is 7.46. The van der Waals surface area contributed by atoms with E-state index in [4.69, 9.17) is 9.16 Å². The SMILES string of the molecule is C=CCC(=O)OCCO[Si](C)(C)C(C)(C)C. The summed E-state index contributed by atoms with van der Waals surface area (Å²) in [5.74, 6) is -0.242. The molecule has 3 nitrogen and oxygen atoms in total. The van der Waals surface area contributed by atoms with Gasteiger partial charge in [0.2, 0.25) is 0 Å². The largest absolute Gasteiger partial charge is 0.463 e. The molecule has 0 aromatic carbocycles. The molecule has 0 fully saturated rings. The molecule has 0 aromatic rings. The molecule has 94 valence electrons. The minimum absolute atomic E-state index is 0.193. The van der Waals surface area contributed by atoms with Gasteiger partial charge in [-0.2, -0.15) is 0 Å². The summed E-state index contributed by atoms with van der Waals surface area (Å²) in [7, 11) is -1.71. The molecular formula is C12H24O3Si. The maximum absolute atomic E-state index is 11.0. The van der Waals surface area contributed by atoms with Gasteiger partial charge >= 0.3 is 5.97 Å². The van der Waals surface area contributed by atoms with E-state index in [9.17, 15) is 4.79 Å². The van der Waals surface area contributed by atoms with E-state index in [1.165, 1.54) is 6.08 Å². The van der Waals surface area contributed by atoms with Crippen molar-refractivity contribution in [3.8, 4) is 0 Å². The Morgan fingerprint density at radius 3 is 2.31 bits per heavy atom. The molecule has 0 aliphatic rings. The number of hydrogen-bond donors (Lipinski definition) is 0. The summed E-state index contributed by atoms with van der Waals surface area (Å²) >= 11 is 0. The summed E-state index contributed by atoms with van der Waals surface area (Å²) in [6, 6.07) is 0. The lowest BCUT2D eigenvalue weighted by molar-refractivity contribution is -0.143. The summed E-state index contributed by atoms with van der Waals surface area (Å²) in [6.07, 6.45) is 1.80. The zero-order chi connectivity index (χ0) is 12.8. The van der Waals surface area contributed by atoms with Crippen LogP contribution in [0.25, 0.3) is 0 Å². The molecule has 0 saturated carbocycles. The van der Waals surface area contributed by atoms with Crippen molar-refractivity contribution >= 4 is 14.3 Å². The quantitative estimate of drug-likeness (QED) is 0.312. The summed E-state index contributed by atoms with van der Waals surface area (Å²) in [5.41, 5.74) is 0. The number of hydrogen-bond acceptors (Lipinski definition) is 3. The fourth-order valence-corrected chi connectivity index (χ4v) is 1.87. The Morgan fingerprint density at radius 2 is 1.88 bits per heavy atom. The lowest BCUT2D eigenvalue weighted by Crippen LogP contribution is -2.41. The molecular weight excluding hydrogens is 220 g/mol. The van der Waals surface area contributed by atoms with Gasteiger partial charge in [-0.3, -0.25) is 4.79 Å². The van der Waals surface area contributed by atoms with Crippen LogP contribution in [0.5, 0.6) is 0 Å². The normalized spacial score (nSPS) is 12.3. The van der Waals surface area contributed by atoms with Gasteiger partial charge < -0.3 is 9.16 Å². The summed E-state index contributed by atoms with van der Waals surface area (Å²) in [6.45, 7) is 15.2. The highest BCUT2D eigenvalue weighted by molar-refractivity contribution is 6.74. The summed E-state index contributed by atoms with van der Waals surface area (Å²) < 4.78 is 10.8. The number of rotatable bonds is 6. The van der Waals surface area contributed by atoms with Crippen molar-refractivity contribution in [3.05, 3.63) is 12.7 Å². The average Bonchev–Trinajstić information content (AvgIpc) is 2.11. The summed E-state index contributed by atoms with van der Waals surface area (Å²) in [5, 5.41) is 0.193. The first-order valence-corrected chi connectivity index (χ1v) is 8.52. The van der Waals surface area contributed by atoms with Crippen LogP contribution in [0.15, 0.2) is 12.7 Å². The van der Waals surface area contributed by atoms with Gasteiger partial charge in [0.05, 0.1) is 13.0 Å². The number of carbonyl (C=O) groups excluding carboxylic acids is 1. The van der Waals surface area contributed by atoms with Crippen molar-refractivity contribution in [2.75, 3.05) is 13.2 Å². The van der Waals surface area contributed by atoms with E-state index < -0.39 is 8.32 Å². The Morgan fingerprint density at radius 1 is 1.31 bits per heavy atom. The van der Waals surface area contributed by atoms with E-state index in [-0.39, 0.29) is 17.4 Å². The first-order chi connectivity index (χ1) is 7.20. The first-order valence-electron chi connectivity index (χ1n) is 5.61. The Bertz CT molecular complexity index is 241. The van der Waals surface area contributed by atoms with Crippen LogP contribution in [0.3, 0.4) is 0 Å². The van der Waals surface area contributed by atoms with Crippen LogP contribution in [0.4, 0.5) is 0 Å². The number of carbonyl (C=O) groups is 1. The van der Waals surface area contributed by atoms with Crippen LogP contribution in [0.2, 0.25) is 18.1 Å². The highest BCUT2D eigenvalue weighted by Crippen LogP contribution is 2.36. The third-order valence-electron chi connectivity index (χ3n) is 2.93. The van der Waals surface area contributed by atoms with E-state index >= 15 is 0 Å². The van der Waals surface area contributed by atoms with Crippen molar-refractivity contribution in [1.82, 2.24) is 0 Å². The van der Waals surface area contributed by atoms with Crippen molar-refractivity contribution in [3.63, 3.8) is 0 Å². The molecule has 0 rings (SSSR count). The van der Waals surface area contributed by atoms with Gasteiger partial charge in [-0.05, 0) is 18.1 Å². The van der Waals surface area contributed by atoms with Crippen molar-refractivity contribution in [2.45, 2.75) is 45.3 Å². The third kappa shape index (κ3) is 5.46. The Labute approximate surface area is 100.0 Å². The van der Waals surface area contributed by atoms with Crippen molar-refractivity contribution < 1.29 is 14.0 Å². The smallest absolute Gasteiger partial charge is 0.309 e. The highest BCUT2D eigenvalue weighted by Gasteiger charge is 2.36. The monoisotopic (exact) mass is 244 g/mol. The van der Waals surface area contributed by atoms with Crippen LogP contribution in [0.1, 0.15) is 27.2 Å². The molecule has 0 amide bonds. The maximum atomic E-state index is 11.0. The van der Waals surface area contributed by atoms with Crippen LogP contribution < -0.4 is 0 Å². The molecule has 0 unspecified atom stereocenters. The number of esters is 1. The van der Waals surface area contributed by atoms with Gasteiger partial charge in [0.1, 0.15) is 6.61 Å². The van der Waals surface area contributed by atoms with E-state index in [1.807, 2.05) is 0 Å². The van der Waals surface area contributed by atoms with Crippen LogP contribution in [-0.2, 0) is 14.0 Å². The first kappa shape index (κ1) is 15.4. The molecule has 4 heteroatoms. The fraction of sp³-hybridized carbons (Fsp3) is 0.750. The molecule has 0 atom stereocenters. The predicted molar refractivity (Wildman–Crippen MR) is 68.9 cm³/mol. The molecule has 16 heavy (non-hydrogen) atoms. The Hall–Kier alpha value is -0.613. The topological polar surface area (TPSA) is 35.5 Å².